The second-order valence-corrected chi connectivity index (χ2v) is 4.88. The van der Waals surface area contributed by atoms with Gasteiger partial charge in [-0.05, 0) is 48.9 Å². The van der Waals surface area contributed by atoms with Gasteiger partial charge in [0, 0.05) is 0 Å². The van der Waals surface area contributed by atoms with E-state index in [0.717, 1.165) is 24.2 Å². The van der Waals surface area contributed by atoms with Gasteiger partial charge in [0.25, 0.3) is 0 Å². The molecule has 0 bridgehead atoms. The van der Waals surface area contributed by atoms with Gasteiger partial charge in [0.1, 0.15) is 5.75 Å². The first-order valence-electron chi connectivity index (χ1n) is 6.10. The van der Waals surface area contributed by atoms with Crippen molar-refractivity contribution in [3.63, 3.8) is 0 Å². The van der Waals surface area contributed by atoms with Crippen LogP contribution in [0.2, 0.25) is 0 Å². The minimum atomic E-state index is -0.600. The van der Waals surface area contributed by atoms with Crippen molar-refractivity contribution < 1.29 is 28.7 Å². The summed E-state index contributed by atoms with van der Waals surface area (Å²) in [6.45, 7) is 5.53. The standard InChI is InChI=1S/C15H19O2.Li/c1-10(2)15(16)7-4-11-8-12-9-13(17-3)5-6-14(11)12;/h5-6,9,11,15H,1,4,7-8H2,2-3H3;/q-1;+1/t11?,15-;/m0./s1. The number of rotatable bonds is 5. The molecule has 3 heteroatoms. The zero-order chi connectivity index (χ0) is 12.4. The maximum Gasteiger partial charge on any atom is 1.00 e. The van der Waals surface area contributed by atoms with Crippen LogP contribution in [0.4, 0.5) is 0 Å². The third kappa shape index (κ3) is 3.20. The van der Waals surface area contributed by atoms with Gasteiger partial charge < -0.3 is 9.84 Å². The molecule has 1 aliphatic carbocycles. The molecule has 0 aliphatic heterocycles. The number of benzene rings is 1. The van der Waals surface area contributed by atoms with Crippen molar-refractivity contribution >= 4 is 0 Å². The first-order valence-corrected chi connectivity index (χ1v) is 6.10. The Kier molecular flexibility index (Phi) is 5.53. The predicted molar refractivity (Wildman–Crippen MR) is 67.3 cm³/mol. The SMILES string of the molecule is C=C(C)[C@@H]([O-])CCC1Cc2cc(OC)ccc21.[Li+]. The summed E-state index contributed by atoms with van der Waals surface area (Å²) < 4.78 is 5.19. The minimum absolute atomic E-state index is 0. The molecule has 1 aliphatic rings. The van der Waals surface area contributed by atoms with Gasteiger partial charge >= 0.3 is 18.9 Å². The summed E-state index contributed by atoms with van der Waals surface area (Å²) in [7, 11) is 1.69. The zero-order valence-corrected chi connectivity index (χ0v) is 11.5. The third-order valence-electron chi connectivity index (χ3n) is 3.58. The van der Waals surface area contributed by atoms with E-state index >= 15 is 0 Å². The fraction of sp³-hybridized carbons (Fsp3) is 0.467. The monoisotopic (exact) mass is 238 g/mol. The fourth-order valence-electron chi connectivity index (χ4n) is 2.38. The van der Waals surface area contributed by atoms with E-state index in [4.69, 9.17) is 4.74 Å². The topological polar surface area (TPSA) is 32.3 Å². The fourth-order valence-corrected chi connectivity index (χ4v) is 2.38. The molecule has 0 N–H and O–H groups in total. The Morgan fingerprint density at radius 2 is 2.28 bits per heavy atom. The molecule has 0 aromatic heterocycles. The molecule has 1 aromatic carbocycles. The van der Waals surface area contributed by atoms with E-state index < -0.39 is 6.10 Å². The normalized spacial score (nSPS) is 18.1. The Hall–Kier alpha value is -0.683. The first kappa shape index (κ1) is 15.4. The number of methoxy groups -OCH3 is 1. The summed E-state index contributed by atoms with van der Waals surface area (Å²) in [5.74, 6) is 1.48. The van der Waals surface area contributed by atoms with Crippen LogP contribution in [-0.4, -0.2) is 13.2 Å². The molecule has 0 amide bonds. The molecular weight excluding hydrogens is 219 g/mol. The van der Waals surface area contributed by atoms with Gasteiger partial charge in [0.2, 0.25) is 0 Å². The predicted octanol–water partition coefficient (Wildman–Crippen LogP) is -0.576. The Balaban J connectivity index is 0.00000162. The summed E-state index contributed by atoms with van der Waals surface area (Å²) in [6, 6.07) is 6.22. The molecule has 0 saturated heterocycles. The molecule has 0 fully saturated rings. The maximum absolute atomic E-state index is 11.6. The van der Waals surface area contributed by atoms with Gasteiger partial charge in [-0.2, -0.15) is 0 Å². The molecular formula is C15H19LiO2. The van der Waals surface area contributed by atoms with Crippen molar-refractivity contribution in [2.24, 2.45) is 0 Å². The molecule has 0 spiro atoms. The summed E-state index contributed by atoms with van der Waals surface area (Å²) in [5.41, 5.74) is 3.51. The van der Waals surface area contributed by atoms with Crippen molar-refractivity contribution in [3.8, 4) is 5.75 Å². The molecule has 18 heavy (non-hydrogen) atoms. The van der Waals surface area contributed by atoms with Crippen molar-refractivity contribution in [2.45, 2.75) is 38.2 Å². The molecule has 2 atom stereocenters. The van der Waals surface area contributed by atoms with Crippen LogP contribution in [-0.2, 0) is 6.42 Å². The van der Waals surface area contributed by atoms with Crippen molar-refractivity contribution in [1.29, 1.82) is 0 Å². The van der Waals surface area contributed by atoms with Crippen molar-refractivity contribution in [2.75, 3.05) is 7.11 Å². The molecule has 0 heterocycles. The first-order chi connectivity index (χ1) is 8.11. The van der Waals surface area contributed by atoms with E-state index in [-0.39, 0.29) is 18.9 Å². The third-order valence-corrected chi connectivity index (χ3v) is 3.58. The molecule has 2 nitrogen and oxygen atoms in total. The van der Waals surface area contributed by atoms with Gasteiger partial charge in [0.05, 0.1) is 7.11 Å². The second-order valence-electron chi connectivity index (χ2n) is 4.88. The van der Waals surface area contributed by atoms with E-state index in [1.165, 1.54) is 11.1 Å². The second kappa shape index (κ2) is 6.47. The van der Waals surface area contributed by atoms with Gasteiger partial charge in [-0.3, -0.25) is 0 Å². The van der Waals surface area contributed by atoms with Crippen molar-refractivity contribution in [3.05, 3.63) is 41.5 Å². The smallest absolute Gasteiger partial charge is 0.849 e. The summed E-state index contributed by atoms with van der Waals surface area (Å²) >= 11 is 0. The van der Waals surface area contributed by atoms with Crippen LogP contribution < -0.4 is 28.7 Å². The molecule has 1 unspecified atom stereocenters. The Morgan fingerprint density at radius 1 is 1.56 bits per heavy atom. The van der Waals surface area contributed by atoms with Crippen LogP contribution in [0.5, 0.6) is 5.75 Å². The van der Waals surface area contributed by atoms with Crippen LogP contribution in [0.3, 0.4) is 0 Å². The van der Waals surface area contributed by atoms with Crippen LogP contribution in [0.25, 0.3) is 0 Å². The van der Waals surface area contributed by atoms with E-state index in [2.05, 4.69) is 18.7 Å². The van der Waals surface area contributed by atoms with Crippen LogP contribution in [0.15, 0.2) is 30.4 Å². The Morgan fingerprint density at radius 3 is 2.83 bits per heavy atom. The average molecular weight is 238 g/mol. The Bertz CT molecular complexity index is 429. The molecule has 0 saturated carbocycles. The summed E-state index contributed by atoms with van der Waals surface area (Å²) in [6.07, 6.45) is 2.15. The number of fused-ring (bicyclic) bond motifs is 1. The van der Waals surface area contributed by atoms with E-state index in [1.54, 1.807) is 7.11 Å². The van der Waals surface area contributed by atoms with Gasteiger partial charge in [-0.1, -0.05) is 18.1 Å². The minimum Gasteiger partial charge on any atom is -0.849 e. The Labute approximate surface area is 121 Å². The van der Waals surface area contributed by atoms with Gasteiger partial charge in [-0.25, -0.2) is 0 Å². The molecule has 92 valence electrons. The molecule has 0 radical (unpaired) electrons. The van der Waals surface area contributed by atoms with E-state index in [0.29, 0.717) is 12.3 Å². The van der Waals surface area contributed by atoms with Crippen LogP contribution in [0, 0.1) is 0 Å². The van der Waals surface area contributed by atoms with Crippen LogP contribution >= 0.6 is 0 Å². The molecule has 2 rings (SSSR count). The van der Waals surface area contributed by atoms with Gasteiger partial charge in [0.15, 0.2) is 0 Å². The number of ether oxygens (including phenoxy) is 1. The van der Waals surface area contributed by atoms with E-state index in [1.807, 2.05) is 13.0 Å². The average Bonchev–Trinajstić information content (AvgIpc) is 2.29. The zero-order valence-electron chi connectivity index (χ0n) is 11.5. The quantitative estimate of drug-likeness (QED) is 0.508. The summed E-state index contributed by atoms with van der Waals surface area (Å²) in [5, 5.41) is 11.6. The van der Waals surface area contributed by atoms with Crippen molar-refractivity contribution in [1.82, 2.24) is 0 Å². The largest absolute Gasteiger partial charge is 1.00 e. The summed E-state index contributed by atoms with van der Waals surface area (Å²) in [4.78, 5) is 0. The maximum atomic E-state index is 11.6. The van der Waals surface area contributed by atoms with E-state index in [9.17, 15) is 5.11 Å². The van der Waals surface area contributed by atoms with Crippen LogP contribution in [0.1, 0.15) is 36.8 Å². The van der Waals surface area contributed by atoms with Gasteiger partial charge in [-0.15, -0.1) is 12.7 Å². The molecule has 1 aromatic rings. The number of hydrogen-bond acceptors (Lipinski definition) is 2. The number of hydrogen-bond donors (Lipinski definition) is 0.